The highest BCUT2D eigenvalue weighted by Gasteiger charge is 2.21. The highest BCUT2D eigenvalue weighted by Crippen LogP contribution is 1.96. The molecule has 1 aromatic heterocycles. The minimum Gasteiger partial charge on any atom is -0.461 e. The van der Waals surface area contributed by atoms with Gasteiger partial charge in [0.25, 0.3) is 0 Å². The first-order valence-corrected chi connectivity index (χ1v) is 3.63. The van der Waals surface area contributed by atoms with Crippen LogP contribution in [0.2, 0.25) is 0 Å². The van der Waals surface area contributed by atoms with Gasteiger partial charge in [-0.15, -0.1) is 0 Å². The Labute approximate surface area is 74.3 Å². The summed E-state index contributed by atoms with van der Waals surface area (Å²) in [6.07, 6.45) is 1.01. The quantitative estimate of drug-likeness (QED) is 0.441. The van der Waals surface area contributed by atoms with Crippen molar-refractivity contribution >= 4 is 18.9 Å². The van der Waals surface area contributed by atoms with Crippen LogP contribution in [0.25, 0.3) is 0 Å². The van der Waals surface area contributed by atoms with Gasteiger partial charge < -0.3 is 19.2 Å². The van der Waals surface area contributed by atoms with Crippen LogP contribution in [0.4, 0.5) is 0 Å². The molecule has 0 aromatic carbocycles. The standard InChI is InChI=1S/C6H8BNO5/c1-2-12-5(9)4-3-13-6(8-4)7(10)11/h3,10-11H,2H2,1H3. The van der Waals surface area contributed by atoms with Crippen LogP contribution in [-0.2, 0) is 4.74 Å². The largest absolute Gasteiger partial charge is 0.548 e. The molecule has 6 nitrogen and oxygen atoms in total. The Kier molecular flexibility index (Phi) is 3.05. The van der Waals surface area contributed by atoms with Gasteiger partial charge in [-0.1, -0.05) is 0 Å². The van der Waals surface area contributed by atoms with Crippen LogP contribution in [0, 0.1) is 0 Å². The van der Waals surface area contributed by atoms with E-state index in [-0.39, 0.29) is 18.1 Å². The predicted molar refractivity (Wildman–Crippen MR) is 42.3 cm³/mol. The third kappa shape index (κ3) is 2.30. The van der Waals surface area contributed by atoms with Crippen LogP contribution in [0.5, 0.6) is 0 Å². The van der Waals surface area contributed by atoms with Gasteiger partial charge in [0.1, 0.15) is 6.26 Å². The second-order valence-corrected chi connectivity index (χ2v) is 2.17. The Hall–Kier alpha value is -1.34. The van der Waals surface area contributed by atoms with Crippen molar-refractivity contribution in [3.63, 3.8) is 0 Å². The second-order valence-electron chi connectivity index (χ2n) is 2.17. The van der Waals surface area contributed by atoms with E-state index in [0.717, 1.165) is 6.26 Å². The molecular weight excluding hydrogens is 177 g/mol. The first-order chi connectivity index (χ1) is 6.15. The SMILES string of the molecule is CCOC(=O)c1coc(B(O)O)n1. The molecule has 0 bridgehead atoms. The first kappa shape index (κ1) is 9.75. The monoisotopic (exact) mass is 185 g/mol. The molecule has 0 radical (unpaired) electrons. The maximum Gasteiger partial charge on any atom is 0.548 e. The van der Waals surface area contributed by atoms with Gasteiger partial charge in [0.2, 0.25) is 5.79 Å². The van der Waals surface area contributed by atoms with Crippen molar-refractivity contribution in [2.24, 2.45) is 0 Å². The lowest BCUT2D eigenvalue weighted by Gasteiger charge is -1.94. The molecule has 7 heteroatoms. The van der Waals surface area contributed by atoms with Gasteiger partial charge in [0, 0.05) is 0 Å². The Morgan fingerprint density at radius 2 is 2.46 bits per heavy atom. The Morgan fingerprint density at radius 3 is 2.92 bits per heavy atom. The zero-order valence-electron chi connectivity index (χ0n) is 6.93. The molecule has 0 spiro atoms. The molecule has 0 fully saturated rings. The molecule has 0 unspecified atom stereocenters. The number of oxazole rings is 1. The van der Waals surface area contributed by atoms with Crippen LogP contribution in [0.1, 0.15) is 17.4 Å². The lowest BCUT2D eigenvalue weighted by molar-refractivity contribution is 0.0519. The number of esters is 1. The van der Waals surface area contributed by atoms with E-state index in [2.05, 4.69) is 14.1 Å². The number of hydrogen-bond acceptors (Lipinski definition) is 6. The van der Waals surface area contributed by atoms with Gasteiger partial charge >= 0.3 is 13.1 Å². The molecule has 0 saturated heterocycles. The number of aromatic nitrogens is 1. The van der Waals surface area contributed by atoms with E-state index in [1.165, 1.54) is 0 Å². The highest BCUT2D eigenvalue weighted by atomic mass is 16.5. The molecule has 0 atom stereocenters. The van der Waals surface area contributed by atoms with Crippen molar-refractivity contribution in [1.29, 1.82) is 0 Å². The predicted octanol–water partition coefficient (Wildman–Crippen LogP) is -1.47. The first-order valence-electron chi connectivity index (χ1n) is 3.63. The summed E-state index contributed by atoms with van der Waals surface area (Å²) in [6, 6.07) is 0. The van der Waals surface area contributed by atoms with Crippen molar-refractivity contribution in [3.8, 4) is 0 Å². The van der Waals surface area contributed by atoms with Crippen molar-refractivity contribution < 1.29 is 24.0 Å². The third-order valence-electron chi connectivity index (χ3n) is 1.23. The smallest absolute Gasteiger partial charge is 0.461 e. The lowest BCUT2D eigenvalue weighted by Crippen LogP contribution is -2.31. The summed E-state index contributed by atoms with van der Waals surface area (Å²) < 4.78 is 9.18. The summed E-state index contributed by atoms with van der Waals surface area (Å²) in [5.74, 6) is -0.985. The van der Waals surface area contributed by atoms with Gasteiger partial charge in [-0.05, 0) is 6.92 Å². The van der Waals surface area contributed by atoms with E-state index in [1.54, 1.807) is 6.92 Å². The Balaban J connectivity index is 2.73. The van der Waals surface area contributed by atoms with Gasteiger partial charge in [-0.3, -0.25) is 0 Å². The molecular formula is C6H8BNO5. The highest BCUT2D eigenvalue weighted by molar-refractivity contribution is 6.56. The fourth-order valence-electron chi connectivity index (χ4n) is 0.705. The molecule has 0 amide bonds. The molecule has 0 saturated carbocycles. The topological polar surface area (TPSA) is 92.8 Å². The van der Waals surface area contributed by atoms with E-state index in [9.17, 15) is 4.79 Å². The van der Waals surface area contributed by atoms with E-state index in [0.29, 0.717) is 0 Å². The molecule has 0 aliphatic heterocycles. The van der Waals surface area contributed by atoms with Gasteiger partial charge in [0.05, 0.1) is 6.61 Å². The summed E-state index contributed by atoms with van der Waals surface area (Å²) in [5.41, 5.74) is -0.0787. The number of hydrogen-bond donors (Lipinski definition) is 2. The van der Waals surface area contributed by atoms with E-state index < -0.39 is 13.1 Å². The van der Waals surface area contributed by atoms with Crippen LogP contribution >= 0.6 is 0 Å². The van der Waals surface area contributed by atoms with Crippen LogP contribution in [-0.4, -0.2) is 34.7 Å². The molecule has 1 rings (SSSR count). The average molecular weight is 185 g/mol. The number of carbonyl (C=O) groups excluding carboxylic acids is 1. The molecule has 1 heterocycles. The minimum absolute atomic E-state index is 0.0787. The van der Waals surface area contributed by atoms with Crippen molar-refractivity contribution in [2.75, 3.05) is 6.61 Å². The van der Waals surface area contributed by atoms with Gasteiger partial charge in [0.15, 0.2) is 5.69 Å². The molecule has 0 aliphatic rings. The zero-order chi connectivity index (χ0) is 9.84. The average Bonchev–Trinajstić information content (AvgIpc) is 2.52. The van der Waals surface area contributed by atoms with Crippen molar-refractivity contribution in [1.82, 2.24) is 4.98 Å². The van der Waals surface area contributed by atoms with E-state index in [1.807, 2.05) is 0 Å². The number of nitrogens with zero attached hydrogens (tertiary/aromatic N) is 1. The van der Waals surface area contributed by atoms with Crippen LogP contribution < -0.4 is 5.79 Å². The van der Waals surface area contributed by atoms with E-state index in [4.69, 9.17) is 10.0 Å². The van der Waals surface area contributed by atoms with Crippen LogP contribution in [0.15, 0.2) is 10.7 Å². The lowest BCUT2D eigenvalue weighted by atomic mass is 9.93. The zero-order valence-corrected chi connectivity index (χ0v) is 6.93. The summed E-state index contributed by atoms with van der Waals surface area (Å²) in [4.78, 5) is 14.5. The summed E-state index contributed by atoms with van der Waals surface area (Å²) in [6.45, 7) is 1.88. The maximum atomic E-state index is 11.0. The number of rotatable bonds is 3. The second kappa shape index (κ2) is 4.06. The van der Waals surface area contributed by atoms with E-state index >= 15 is 0 Å². The van der Waals surface area contributed by atoms with Gasteiger partial charge in [-0.25, -0.2) is 9.78 Å². The Morgan fingerprint density at radius 1 is 1.77 bits per heavy atom. The molecule has 70 valence electrons. The molecule has 0 aliphatic carbocycles. The van der Waals surface area contributed by atoms with Crippen molar-refractivity contribution in [2.45, 2.75) is 6.92 Å². The molecule has 2 N–H and O–H groups in total. The third-order valence-corrected chi connectivity index (χ3v) is 1.23. The fourth-order valence-corrected chi connectivity index (χ4v) is 0.705. The van der Waals surface area contributed by atoms with Crippen LogP contribution in [0.3, 0.4) is 0 Å². The summed E-state index contributed by atoms with van der Waals surface area (Å²) in [7, 11) is -1.82. The summed E-state index contributed by atoms with van der Waals surface area (Å²) in [5, 5.41) is 17.2. The molecule has 1 aromatic rings. The molecule has 13 heavy (non-hydrogen) atoms. The van der Waals surface area contributed by atoms with Gasteiger partial charge in [-0.2, -0.15) is 0 Å². The minimum atomic E-state index is -1.82. The number of ether oxygens (including phenoxy) is 1. The maximum absolute atomic E-state index is 11.0. The summed E-state index contributed by atoms with van der Waals surface area (Å²) >= 11 is 0. The fraction of sp³-hybridized carbons (Fsp3) is 0.333. The van der Waals surface area contributed by atoms with Crippen molar-refractivity contribution in [3.05, 3.63) is 12.0 Å². The normalized spacial score (nSPS) is 9.77. The Bertz CT molecular complexity index is 297. The number of carbonyl (C=O) groups is 1.